The Hall–Kier alpha value is -3.00. The van der Waals surface area contributed by atoms with E-state index in [9.17, 15) is 4.79 Å². The average Bonchev–Trinajstić information content (AvgIpc) is 3.35. The molecular formula is C18H19N5O3. The van der Waals surface area contributed by atoms with Gasteiger partial charge in [-0.05, 0) is 12.1 Å². The summed E-state index contributed by atoms with van der Waals surface area (Å²) in [7, 11) is 0. The largest absolute Gasteiger partial charge is 0.379 e. The third kappa shape index (κ3) is 3.11. The standard InChI is InChI=1S/C18H19N5O3/c1-18(2)11-25-10-16(18)23-9-12(8-20-23)21-17(24)14-7-15(26-22-14)13-5-3-4-6-19-13/h3-9,16H,10-11H2,1-2H3,(H,21,24). The number of hydrogen-bond donors (Lipinski definition) is 1. The Balaban J connectivity index is 1.47. The first-order valence-corrected chi connectivity index (χ1v) is 8.34. The molecule has 4 rings (SSSR count). The summed E-state index contributed by atoms with van der Waals surface area (Å²) in [6.45, 7) is 5.57. The van der Waals surface area contributed by atoms with Crippen molar-refractivity contribution in [2.45, 2.75) is 19.9 Å². The Morgan fingerprint density at radius 1 is 1.38 bits per heavy atom. The zero-order valence-electron chi connectivity index (χ0n) is 14.5. The summed E-state index contributed by atoms with van der Waals surface area (Å²) in [5.41, 5.74) is 1.40. The van der Waals surface area contributed by atoms with E-state index in [1.807, 2.05) is 16.8 Å². The van der Waals surface area contributed by atoms with Crippen LogP contribution in [0.4, 0.5) is 5.69 Å². The van der Waals surface area contributed by atoms with Crippen molar-refractivity contribution in [3.8, 4) is 11.5 Å². The maximum Gasteiger partial charge on any atom is 0.277 e. The van der Waals surface area contributed by atoms with Gasteiger partial charge in [0.05, 0.1) is 31.1 Å². The molecule has 8 heteroatoms. The first-order chi connectivity index (χ1) is 12.5. The van der Waals surface area contributed by atoms with Crippen LogP contribution in [0.5, 0.6) is 0 Å². The van der Waals surface area contributed by atoms with E-state index in [0.717, 1.165) is 0 Å². The minimum Gasteiger partial charge on any atom is -0.379 e. The van der Waals surface area contributed by atoms with Crippen molar-refractivity contribution in [2.75, 3.05) is 18.5 Å². The van der Waals surface area contributed by atoms with E-state index in [0.29, 0.717) is 30.4 Å². The Morgan fingerprint density at radius 3 is 3.00 bits per heavy atom. The van der Waals surface area contributed by atoms with Crippen molar-refractivity contribution in [3.63, 3.8) is 0 Å². The van der Waals surface area contributed by atoms with Gasteiger partial charge >= 0.3 is 0 Å². The molecule has 0 radical (unpaired) electrons. The van der Waals surface area contributed by atoms with Gasteiger partial charge in [-0.2, -0.15) is 5.10 Å². The van der Waals surface area contributed by atoms with E-state index >= 15 is 0 Å². The smallest absolute Gasteiger partial charge is 0.277 e. The quantitative estimate of drug-likeness (QED) is 0.775. The second kappa shape index (κ2) is 6.38. The molecule has 26 heavy (non-hydrogen) atoms. The van der Waals surface area contributed by atoms with Crippen LogP contribution < -0.4 is 5.32 Å². The molecule has 3 aromatic heterocycles. The number of anilines is 1. The fourth-order valence-corrected chi connectivity index (χ4v) is 2.97. The Bertz CT molecular complexity index is 916. The highest BCUT2D eigenvalue weighted by atomic mass is 16.5. The van der Waals surface area contributed by atoms with E-state index in [1.165, 1.54) is 0 Å². The van der Waals surface area contributed by atoms with E-state index in [1.54, 1.807) is 30.7 Å². The van der Waals surface area contributed by atoms with Crippen LogP contribution in [0.1, 0.15) is 30.4 Å². The zero-order valence-corrected chi connectivity index (χ0v) is 14.5. The number of amides is 1. The Labute approximate surface area is 150 Å². The predicted octanol–water partition coefficient (Wildman–Crippen LogP) is 2.78. The lowest BCUT2D eigenvalue weighted by Crippen LogP contribution is -2.25. The highest BCUT2D eigenvalue weighted by Crippen LogP contribution is 2.37. The van der Waals surface area contributed by atoms with Gasteiger partial charge in [-0.3, -0.25) is 14.5 Å². The van der Waals surface area contributed by atoms with Crippen molar-refractivity contribution < 1.29 is 14.1 Å². The molecule has 1 amide bonds. The van der Waals surface area contributed by atoms with Crippen LogP contribution in [0, 0.1) is 5.41 Å². The monoisotopic (exact) mass is 353 g/mol. The Morgan fingerprint density at radius 2 is 2.27 bits per heavy atom. The predicted molar refractivity (Wildman–Crippen MR) is 93.6 cm³/mol. The topological polar surface area (TPSA) is 95.1 Å². The van der Waals surface area contributed by atoms with Gasteiger partial charge in [-0.25, -0.2) is 0 Å². The number of pyridine rings is 1. The lowest BCUT2D eigenvalue weighted by molar-refractivity contribution is 0.101. The molecule has 1 N–H and O–H groups in total. The van der Waals surface area contributed by atoms with Crippen molar-refractivity contribution >= 4 is 11.6 Å². The first-order valence-electron chi connectivity index (χ1n) is 8.34. The van der Waals surface area contributed by atoms with Crippen LogP contribution >= 0.6 is 0 Å². The lowest BCUT2D eigenvalue weighted by atomic mass is 9.88. The number of nitrogens with zero attached hydrogens (tertiary/aromatic N) is 4. The van der Waals surface area contributed by atoms with Gasteiger partial charge in [0.25, 0.3) is 5.91 Å². The van der Waals surface area contributed by atoms with Gasteiger partial charge in [0.1, 0.15) is 5.69 Å². The Kier molecular flexibility index (Phi) is 4.04. The van der Waals surface area contributed by atoms with E-state index in [-0.39, 0.29) is 23.1 Å². The summed E-state index contributed by atoms with van der Waals surface area (Å²) < 4.78 is 12.6. The average molecular weight is 353 g/mol. The number of ether oxygens (including phenoxy) is 1. The molecule has 0 aromatic carbocycles. The molecule has 1 unspecified atom stereocenters. The third-order valence-electron chi connectivity index (χ3n) is 4.49. The van der Waals surface area contributed by atoms with Gasteiger partial charge in [0.15, 0.2) is 11.5 Å². The maximum absolute atomic E-state index is 12.4. The van der Waals surface area contributed by atoms with Crippen LogP contribution in [-0.4, -0.2) is 39.0 Å². The van der Waals surface area contributed by atoms with Crippen molar-refractivity contribution in [2.24, 2.45) is 5.41 Å². The minimum absolute atomic E-state index is 0.00298. The highest BCUT2D eigenvalue weighted by molar-refractivity contribution is 6.03. The maximum atomic E-state index is 12.4. The number of carbonyl (C=O) groups is 1. The van der Waals surface area contributed by atoms with Crippen molar-refractivity contribution in [1.29, 1.82) is 0 Å². The van der Waals surface area contributed by atoms with E-state index in [2.05, 4.69) is 34.4 Å². The fourth-order valence-electron chi connectivity index (χ4n) is 2.97. The molecule has 1 aliphatic heterocycles. The van der Waals surface area contributed by atoms with Gasteiger partial charge < -0.3 is 14.6 Å². The van der Waals surface area contributed by atoms with Crippen LogP contribution in [0.25, 0.3) is 11.5 Å². The highest BCUT2D eigenvalue weighted by Gasteiger charge is 2.37. The van der Waals surface area contributed by atoms with Crippen LogP contribution in [0.15, 0.2) is 47.4 Å². The van der Waals surface area contributed by atoms with E-state index < -0.39 is 0 Å². The van der Waals surface area contributed by atoms with Gasteiger partial charge in [0.2, 0.25) is 0 Å². The second-order valence-corrected chi connectivity index (χ2v) is 6.97. The number of hydrogen-bond acceptors (Lipinski definition) is 6. The SMILES string of the molecule is CC1(C)COCC1n1cc(NC(=O)c2cc(-c3ccccn3)on2)cn1. The number of nitrogens with one attached hydrogen (secondary N) is 1. The summed E-state index contributed by atoms with van der Waals surface area (Å²) in [5, 5.41) is 11.0. The molecule has 4 heterocycles. The second-order valence-electron chi connectivity index (χ2n) is 6.97. The van der Waals surface area contributed by atoms with Gasteiger partial charge in [0, 0.05) is 23.9 Å². The number of carbonyl (C=O) groups excluding carboxylic acids is 1. The molecule has 0 aliphatic carbocycles. The van der Waals surface area contributed by atoms with Crippen LogP contribution in [-0.2, 0) is 4.74 Å². The van der Waals surface area contributed by atoms with Crippen LogP contribution in [0.2, 0.25) is 0 Å². The van der Waals surface area contributed by atoms with E-state index in [4.69, 9.17) is 9.26 Å². The van der Waals surface area contributed by atoms with Crippen molar-refractivity contribution in [1.82, 2.24) is 19.9 Å². The molecule has 1 saturated heterocycles. The molecular weight excluding hydrogens is 334 g/mol. The van der Waals surface area contributed by atoms with Gasteiger partial charge in [-0.15, -0.1) is 0 Å². The summed E-state index contributed by atoms with van der Waals surface area (Å²) in [5.74, 6) is 0.0775. The molecule has 1 fully saturated rings. The molecule has 0 bridgehead atoms. The van der Waals surface area contributed by atoms with Crippen molar-refractivity contribution in [3.05, 3.63) is 48.5 Å². The van der Waals surface area contributed by atoms with Gasteiger partial charge in [-0.1, -0.05) is 25.1 Å². The number of aromatic nitrogens is 4. The zero-order chi connectivity index (χ0) is 18.1. The summed E-state index contributed by atoms with van der Waals surface area (Å²) in [6.07, 6.45) is 5.07. The molecule has 0 saturated carbocycles. The summed E-state index contributed by atoms with van der Waals surface area (Å²) >= 11 is 0. The molecule has 1 aliphatic rings. The van der Waals surface area contributed by atoms with Crippen LogP contribution in [0.3, 0.4) is 0 Å². The third-order valence-corrected chi connectivity index (χ3v) is 4.49. The normalized spacial score (nSPS) is 18.8. The minimum atomic E-state index is -0.364. The summed E-state index contributed by atoms with van der Waals surface area (Å²) in [6, 6.07) is 7.14. The fraction of sp³-hybridized carbons (Fsp3) is 0.333. The molecule has 8 nitrogen and oxygen atoms in total. The molecule has 3 aromatic rings. The molecule has 134 valence electrons. The molecule has 0 spiro atoms. The number of rotatable bonds is 4. The summed E-state index contributed by atoms with van der Waals surface area (Å²) in [4.78, 5) is 16.6. The lowest BCUT2D eigenvalue weighted by Gasteiger charge is -2.24. The molecule has 1 atom stereocenters. The first kappa shape index (κ1) is 16.5.